The molecule has 1 aromatic rings. The first-order chi connectivity index (χ1) is 7.07. The maximum absolute atomic E-state index is 12.9. The maximum Gasteiger partial charge on any atom is 0.248 e. The third kappa shape index (κ3) is 2.62. The number of carbonyl (C=O) groups excluding carboxylic acids is 1. The average Bonchev–Trinajstić information content (AvgIpc) is 2.74. The summed E-state index contributed by atoms with van der Waals surface area (Å²) in [6, 6.07) is 3.56. The van der Waals surface area contributed by atoms with Crippen molar-refractivity contribution >= 4 is 17.1 Å². The van der Waals surface area contributed by atoms with Gasteiger partial charge in [0, 0.05) is 19.3 Å². The number of thiophene rings is 1. The molecule has 1 heterocycles. The number of carbonyl (C=O) groups is 1. The second kappa shape index (κ2) is 4.00. The van der Waals surface area contributed by atoms with Crippen molar-refractivity contribution < 1.29 is 13.6 Å². The van der Waals surface area contributed by atoms with E-state index >= 15 is 0 Å². The molecule has 1 saturated carbocycles. The van der Waals surface area contributed by atoms with Crippen LogP contribution in [0.4, 0.5) is 8.78 Å². The van der Waals surface area contributed by atoms with Crippen LogP contribution in [0, 0.1) is 5.92 Å². The van der Waals surface area contributed by atoms with Gasteiger partial charge in [-0.25, -0.2) is 8.78 Å². The molecule has 1 aromatic heterocycles. The van der Waals surface area contributed by atoms with Crippen LogP contribution in [0.2, 0.25) is 0 Å². The predicted molar refractivity (Wildman–Crippen MR) is 55.6 cm³/mol. The van der Waals surface area contributed by atoms with E-state index in [4.69, 9.17) is 0 Å². The molecule has 1 unspecified atom stereocenters. The van der Waals surface area contributed by atoms with Gasteiger partial charge < -0.3 is 0 Å². The van der Waals surface area contributed by atoms with E-state index in [9.17, 15) is 13.6 Å². The molecule has 1 nitrogen and oxygen atoms in total. The molecule has 1 aliphatic carbocycles. The second-order valence-corrected chi connectivity index (χ2v) is 5.02. The van der Waals surface area contributed by atoms with Gasteiger partial charge in [0.05, 0.1) is 4.88 Å². The van der Waals surface area contributed by atoms with Crippen molar-refractivity contribution in [3.63, 3.8) is 0 Å². The van der Waals surface area contributed by atoms with Crippen LogP contribution in [0.1, 0.15) is 35.4 Å². The lowest BCUT2D eigenvalue weighted by Gasteiger charge is -2.08. The molecule has 0 radical (unpaired) electrons. The highest BCUT2D eigenvalue weighted by molar-refractivity contribution is 7.12. The van der Waals surface area contributed by atoms with Crippen molar-refractivity contribution in [2.75, 3.05) is 0 Å². The summed E-state index contributed by atoms with van der Waals surface area (Å²) in [6.45, 7) is 0. The molecule has 2 rings (SSSR count). The normalized spacial score (nSPS) is 24.3. The highest BCUT2D eigenvalue weighted by Gasteiger charge is 2.39. The molecule has 0 aliphatic heterocycles. The van der Waals surface area contributed by atoms with Crippen molar-refractivity contribution in [2.24, 2.45) is 5.92 Å². The fraction of sp³-hybridized carbons (Fsp3) is 0.545. The number of hydrogen-bond acceptors (Lipinski definition) is 2. The molecule has 1 atom stereocenters. The zero-order chi connectivity index (χ0) is 10.9. The molecule has 15 heavy (non-hydrogen) atoms. The van der Waals surface area contributed by atoms with Crippen molar-refractivity contribution in [1.29, 1.82) is 0 Å². The van der Waals surface area contributed by atoms with Crippen LogP contribution >= 0.6 is 11.3 Å². The average molecular weight is 230 g/mol. The van der Waals surface area contributed by atoms with Gasteiger partial charge in [-0.1, -0.05) is 6.07 Å². The van der Waals surface area contributed by atoms with Gasteiger partial charge in [0.1, 0.15) is 0 Å². The standard InChI is InChI=1S/C11H12F2OS/c12-11(13)4-3-8(7-11)6-9(14)10-2-1-5-15-10/h1-2,5,8H,3-4,6-7H2. The fourth-order valence-corrected chi connectivity index (χ4v) is 2.69. The molecular formula is C11H12F2OS. The van der Waals surface area contributed by atoms with Crippen LogP contribution in [-0.2, 0) is 0 Å². The van der Waals surface area contributed by atoms with Crippen LogP contribution < -0.4 is 0 Å². The molecule has 4 heteroatoms. The summed E-state index contributed by atoms with van der Waals surface area (Å²) in [6.07, 6.45) is 0.569. The van der Waals surface area contributed by atoms with Crippen LogP contribution in [0.3, 0.4) is 0 Å². The van der Waals surface area contributed by atoms with E-state index in [1.165, 1.54) is 11.3 Å². The molecule has 0 N–H and O–H groups in total. The number of halogens is 2. The first-order valence-corrected chi connectivity index (χ1v) is 5.89. The van der Waals surface area contributed by atoms with Gasteiger partial charge in [0.15, 0.2) is 5.78 Å². The van der Waals surface area contributed by atoms with E-state index in [1.807, 2.05) is 5.38 Å². The summed E-state index contributed by atoms with van der Waals surface area (Å²) in [5, 5.41) is 1.83. The lowest BCUT2D eigenvalue weighted by atomic mass is 10.0. The summed E-state index contributed by atoms with van der Waals surface area (Å²) >= 11 is 1.38. The van der Waals surface area contributed by atoms with E-state index in [0.29, 0.717) is 11.3 Å². The van der Waals surface area contributed by atoms with Crippen molar-refractivity contribution in [2.45, 2.75) is 31.6 Å². The fourth-order valence-electron chi connectivity index (χ4n) is 2.02. The Bertz CT molecular complexity index is 345. The first-order valence-electron chi connectivity index (χ1n) is 5.01. The van der Waals surface area contributed by atoms with Crippen molar-refractivity contribution in [1.82, 2.24) is 0 Å². The van der Waals surface area contributed by atoms with E-state index in [0.717, 1.165) is 0 Å². The number of ketones is 1. The van der Waals surface area contributed by atoms with Crippen LogP contribution in [0.25, 0.3) is 0 Å². The van der Waals surface area contributed by atoms with Gasteiger partial charge in [0.2, 0.25) is 5.92 Å². The third-order valence-corrected chi connectivity index (χ3v) is 3.69. The number of rotatable bonds is 3. The number of alkyl halides is 2. The Morgan fingerprint density at radius 3 is 2.93 bits per heavy atom. The minimum atomic E-state index is -2.54. The van der Waals surface area contributed by atoms with E-state index in [1.54, 1.807) is 12.1 Å². The van der Waals surface area contributed by atoms with Gasteiger partial charge in [0.25, 0.3) is 0 Å². The van der Waals surface area contributed by atoms with Crippen LogP contribution in [0.15, 0.2) is 17.5 Å². The molecule has 0 saturated heterocycles. The van der Waals surface area contributed by atoms with E-state index in [-0.39, 0.29) is 31.0 Å². The summed E-state index contributed by atoms with van der Waals surface area (Å²) in [5.74, 6) is -2.66. The Hall–Kier alpha value is -0.770. The summed E-state index contributed by atoms with van der Waals surface area (Å²) in [7, 11) is 0. The minimum Gasteiger partial charge on any atom is -0.293 e. The van der Waals surface area contributed by atoms with E-state index < -0.39 is 5.92 Å². The lowest BCUT2D eigenvalue weighted by Crippen LogP contribution is -2.11. The number of Topliss-reactive ketones (excluding diaryl/α,β-unsaturated/α-hetero) is 1. The quantitative estimate of drug-likeness (QED) is 0.723. The molecule has 0 aromatic carbocycles. The Labute approximate surface area is 91.1 Å². The van der Waals surface area contributed by atoms with E-state index in [2.05, 4.69) is 0 Å². The smallest absolute Gasteiger partial charge is 0.248 e. The molecular weight excluding hydrogens is 218 g/mol. The Balaban J connectivity index is 1.91. The topological polar surface area (TPSA) is 17.1 Å². The summed E-state index contributed by atoms with van der Waals surface area (Å²) in [5.41, 5.74) is 0. The zero-order valence-corrected chi connectivity index (χ0v) is 9.03. The van der Waals surface area contributed by atoms with Crippen LogP contribution in [-0.4, -0.2) is 11.7 Å². The second-order valence-electron chi connectivity index (χ2n) is 4.07. The molecule has 1 aliphatic rings. The predicted octanol–water partition coefficient (Wildman–Crippen LogP) is 3.76. The van der Waals surface area contributed by atoms with Crippen molar-refractivity contribution in [3.8, 4) is 0 Å². The largest absolute Gasteiger partial charge is 0.293 e. The minimum absolute atomic E-state index is 0.00713. The first kappa shape index (κ1) is 10.7. The molecule has 0 spiro atoms. The van der Waals surface area contributed by atoms with Gasteiger partial charge in [-0.3, -0.25) is 4.79 Å². The molecule has 1 fully saturated rings. The molecule has 0 bridgehead atoms. The highest BCUT2D eigenvalue weighted by atomic mass is 32.1. The Morgan fingerprint density at radius 2 is 2.40 bits per heavy atom. The Morgan fingerprint density at radius 1 is 1.60 bits per heavy atom. The summed E-state index contributed by atoms with van der Waals surface area (Å²) < 4.78 is 25.8. The SMILES string of the molecule is O=C(CC1CCC(F)(F)C1)c1cccs1. The Kier molecular flexibility index (Phi) is 2.87. The van der Waals surface area contributed by atoms with Crippen LogP contribution in [0.5, 0.6) is 0 Å². The lowest BCUT2D eigenvalue weighted by molar-refractivity contribution is 0.00498. The highest BCUT2D eigenvalue weighted by Crippen LogP contribution is 2.40. The van der Waals surface area contributed by atoms with Gasteiger partial charge in [-0.05, 0) is 23.8 Å². The monoisotopic (exact) mass is 230 g/mol. The summed E-state index contributed by atoms with van der Waals surface area (Å²) in [4.78, 5) is 12.3. The zero-order valence-electron chi connectivity index (χ0n) is 8.21. The van der Waals surface area contributed by atoms with Crippen molar-refractivity contribution in [3.05, 3.63) is 22.4 Å². The molecule has 82 valence electrons. The van der Waals surface area contributed by atoms with Gasteiger partial charge in [-0.15, -0.1) is 11.3 Å². The maximum atomic E-state index is 12.9. The third-order valence-electron chi connectivity index (χ3n) is 2.78. The van der Waals surface area contributed by atoms with Gasteiger partial charge in [-0.2, -0.15) is 0 Å². The number of hydrogen-bond donors (Lipinski definition) is 0. The van der Waals surface area contributed by atoms with Gasteiger partial charge >= 0.3 is 0 Å². The molecule has 0 amide bonds.